The van der Waals surface area contributed by atoms with E-state index in [4.69, 9.17) is 28.6 Å². The van der Waals surface area contributed by atoms with Crippen LogP contribution in [0.1, 0.15) is 22.1 Å². The van der Waals surface area contributed by atoms with Crippen LogP contribution in [0, 0.1) is 5.41 Å². The number of halogens is 2. The number of nitrogens with zero attached hydrogens (tertiary/aromatic N) is 2. The predicted octanol–water partition coefficient (Wildman–Crippen LogP) is 6.87. The fraction of sp³-hybridized carbons (Fsp3) is 0.0870. The fourth-order valence-electron chi connectivity index (χ4n) is 3.69. The lowest BCUT2D eigenvalue weighted by Gasteiger charge is -2.06. The van der Waals surface area contributed by atoms with E-state index in [1.807, 2.05) is 48.0 Å². The normalized spacial score (nSPS) is 17.9. The average Bonchev–Trinajstić information content (AvgIpc) is 3.45. The standard InChI is InChI=1S/C23H15Cl2N3OS2/c24-16-6-5-13(9-17(16)25)11-28-12-14(15-3-1-2-4-18(15)28)10-19-21(29)20(22(26)31-19)23-27-7-8-30-23/h1-10,12,20,26H,11H2/b19-10-,26-22?/t20-/m1/s1. The van der Waals surface area contributed by atoms with Gasteiger partial charge < -0.3 is 4.57 Å². The molecule has 0 saturated carbocycles. The number of benzene rings is 2. The van der Waals surface area contributed by atoms with E-state index in [9.17, 15) is 4.79 Å². The molecule has 2 aromatic heterocycles. The highest BCUT2D eigenvalue weighted by Crippen LogP contribution is 2.42. The van der Waals surface area contributed by atoms with E-state index >= 15 is 0 Å². The Kier molecular flexibility index (Phi) is 5.48. The van der Waals surface area contributed by atoms with Gasteiger partial charge in [-0.2, -0.15) is 0 Å². The number of para-hydroxylation sites is 1. The monoisotopic (exact) mass is 483 g/mol. The molecule has 0 radical (unpaired) electrons. The van der Waals surface area contributed by atoms with Crippen LogP contribution in [0.2, 0.25) is 10.0 Å². The smallest absolute Gasteiger partial charge is 0.186 e. The van der Waals surface area contributed by atoms with E-state index in [0.29, 0.717) is 31.5 Å². The first-order chi connectivity index (χ1) is 15.0. The molecule has 0 spiro atoms. The molecule has 4 nitrogen and oxygen atoms in total. The lowest BCUT2D eigenvalue weighted by molar-refractivity contribution is -0.114. The van der Waals surface area contributed by atoms with Crippen molar-refractivity contribution in [3.05, 3.63) is 91.3 Å². The summed E-state index contributed by atoms with van der Waals surface area (Å²) in [6, 6.07) is 13.7. The second-order valence-electron chi connectivity index (χ2n) is 7.12. The summed E-state index contributed by atoms with van der Waals surface area (Å²) >= 11 is 14.9. The maximum absolute atomic E-state index is 13.0. The van der Waals surface area contributed by atoms with Gasteiger partial charge in [0.1, 0.15) is 10.9 Å². The average molecular weight is 484 g/mol. The first-order valence-corrected chi connectivity index (χ1v) is 11.9. The van der Waals surface area contributed by atoms with Gasteiger partial charge in [0.15, 0.2) is 5.78 Å². The quantitative estimate of drug-likeness (QED) is 0.322. The van der Waals surface area contributed by atoms with Crippen LogP contribution in [0.3, 0.4) is 0 Å². The SMILES string of the molecule is N=C1S/C(=C\c2cn(Cc3ccc(Cl)c(Cl)c3)c3ccccc23)C(=O)[C@H]1c1nccs1. The van der Waals surface area contributed by atoms with E-state index in [-0.39, 0.29) is 5.78 Å². The highest BCUT2D eigenvalue weighted by atomic mass is 35.5. The third-order valence-electron chi connectivity index (χ3n) is 5.13. The lowest BCUT2D eigenvalue weighted by Crippen LogP contribution is -2.11. The number of aromatic nitrogens is 2. The minimum atomic E-state index is -0.583. The van der Waals surface area contributed by atoms with Crippen LogP contribution in [0.15, 0.2) is 65.1 Å². The number of rotatable bonds is 4. The molecule has 1 atom stereocenters. The molecule has 5 rings (SSSR count). The molecule has 0 aliphatic carbocycles. The Morgan fingerprint density at radius 3 is 2.77 bits per heavy atom. The summed E-state index contributed by atoms with van der Waals surface area (Å²) in [5.41, 5.74) is 3.04. The van der Waals surface area contributed by atoms with Crippen LogP contribution in [0.5, 0.6) is 0 Å². The number of allylic oxidation sites excluding steroid dienone is 1. The summed E-state index contributed by atoms with van der Waals surface area (Å²) in [4.78, 5) is 17.8. The van der Waals surface area contributed by atoms with E-state index < -0.39 is 5.92 Å². The highest BCUT2D eigenvalue weighted by Gasteiger charge is 2.38. The molecule has 154 valence electrons. The summed E-state index contributed by atoms with van der Waals surface area (Å²) in [6.45, 7) is 0.624. The Balaban J connectivity index is 1.53. The van der Waals surface area contributed by atoms with Gasteiger partial charge in [0.25, 0.3) is 0 Å². The molecule has 4 aromatic rings. The second-order valence-corrected chi connectivity index (χ2v) is 9.94. The van der Waals surface area contributed by atoms with Crippen LogP contribution < -0.4 is 0 Å². The third kappa shape index (κ3) is 3.85. The van der Waals surface area contributed by atoms with Crippen LogP contribution in [-0.4, -0.2) is 20.4 Å². The number of fused-ring (bicyclic) bond motifs is 1. The van der Waals surface area contributed by atoms with Crippen molar-refractivity contribution in [2.75, 3.05) is 0 Å². The molecule has 1 aliphatic heterocycles. The van der Waals surface area contributed by atoms with Crippen molar-refractivity contribution in [3.63, 3.8) is 0 Å². The topological polar surface area (TPSA) is 58.7 Å². The summed E-state index contributed by atoms with van der Waals surface area (Å²) in [5, 5.41) is 13.2. The van der Waals surface area contributed by atoms with Crippen molar-refractivity contribution in [2.24, 2.45) is 0 Å². The van der Waals surface area contributed by atoms with Gasteiger partial charge in [-0.05, 0) is 29.8 Å². The maximum atomic E-state index is 13.0. The minimum absolute atomic E-state index is 0.0636. The predicted molar refractivity (Wildman–Crippen MR) is 131 cm³/mol. The van der Waals surface area contributed by atoms with Crippen molar-refractivity contribution in [2.45, 2.75) is 12.5 Å². The first-order valence-electron chi connectivity index (χ1n) is 9.44. The zero-order valence-electron chi connectivity index (χ0n) is 16.0. The van der Waals surface area contributed by atoms with Gasteiger partial charge in [0.05, 0.1) is 20.0 Å². The number of carbonyl (C=O) groups excluding carboxylic acids is 1. The van der Waals surface area contributed by atoms with Crippen LogP contribution in [0.4, 0.5) is 0 Å². The molecule has 1 N–H and O–H groups in total. The van der Waals surface area contributed by atoms with Gasteiger partial charge in [-0.25, -0.2) is 4.98 Å². The van der Waals surface area contributed by atoms with E-state index in [2.05, 4.69) is 15.6 Å². The fourth-order valence-corrected chi connectivity index (χ4v) is 5.80. The summed E-state index contributed by atoms with van der Waals surface area (Å²) < 4.78 is 2.13. The van der Waals surface area contributed by atoms with Crippen molar-refractivity contribution in [1.29, 1.82) is 5.41 Å². The number of hydrogen-bond donors (Lipinski definition) is 1. The highest BCUT2D eigenvalue weighted by molar-refractivity contribution is 8.19. The number of carbonyl (C=O) groups is 1. The van der Waals surface area contributed by atoms with Crippen LogP contribution in [0.25, 0.3) is 17.0 Å². The number of thioether (sulfide) groups is 1. The van der Waals surface area contributed by atoms with Crippen LogP contribution >= 0.6 is 46.3 Å². The van der Waals surface area contributed by atoms with E-state index in [1.165, 1.54) is 23.1 Å². The molecule has 2 aromatic carbocycles. The number of nitrogens with one attached hydrogen (secondary N) is 1. The lowest BCUT2D eigenvalue weighted by atomic mass is 10.0. The summed E-state index contributed by atoms with van der Waals surface area (Å²) in [6.07, 6.45) is 5.60. The number of hydrogen-bond acceptors (Lipinski definition) is 5. The van der Waals surface area contributed by atoms with Crippen molar-refractivity contribution in [1.82, 2.24) is 9.55 Å². The van der Waals surface area contributed by atoms with Gasteiger partial charge in [0, 0.05) is 40.8 Å². The molecular weight excluding hydrogens is 469 g/mol. The Bertz CT molecular complexity index is 1360. The van der Waals surface area contributed by atoms with Crippen molar-refractivity contribution in [3.8, 4) is 0 Å². The molecule has 8 heteroatoms. The minimum Gasteiger partial charge on any atom is -0.342 e. The summed E-state index contributed by atoms with van der Waals surface area (Å²) in [7, 11) is 0. The number of Topliss-reactive ketones (excluding diaryl/α,β-unsaturated/α-hetero) is 1. The Morgan fingerprint density at radius 1 is 1.16 bits per heavy atom. The molecule has 31 heavy (non-hydrogen) atoms. The maximum Gasteiger partial charge on any atom is 0.186 e. The Hall–Kier alpha value is -2.38. The second kappa shape index (κ2) is 8.28. The summed E-state index contributed by atoms with van der Waals surface area (Å²) in [5.74, 6) is -0.646. The van der Waals surface area contributed by atoms with Gasteiger partial charge in [-0.3, -0.25) is 10.2 Å². The van der Waals surface area contributed by atoms with Crippen LogP contribution in [-0.2, 0) is 11.3 Å². The van der Waals surface area contributed by atoms with Gasteiger partial charge >= 0.3 is 0 Å². The molecule has 0 bridgehead atoms. The third-order valence-corrected chi connectivity index (χ3v) is 7.70. The molecule has 0 amide bonds. The van der Waals surface area contributed by atoms with Crippen molar-refractivity contribution >= 4 is 74.1 Å². The van der Waals surface area contributed by atoms with Crippen molar-refractivity contribution < 1.29 is 4.79 Å². The largest absolute Gasteiger partial charge is 0.342 e. The molecule has 3 heterocycles. The molecule has 1 aliphatic rings. The van der Waals surface area contributed by atoms with E-state index in [0.717, 1.165) is 22.0 Å². The Labute approximate surface area is 197 Å². The number of thiazole rings is 1. The zero-order chi connectivity index (χ0) is 21.5. The number of ketones is 1. The van der Waals surface area contributed by atoms with Gasteiger partial charge in [-0.15, -0.1) is 11.3 Å². The van der Waals surface area contributed by atoms with Gasteiger partial charge in [-0.1, -0.05) is 59.2 Å². The Morgan fingerprint density at radius 2 is 2.00 bits per heavy atom. The first kappa shape index (κ1) is 20.5. The zero-order valence-corrected chi connectivity index (χ0v) is 19.2. The molecule has 1 saturated heterocycles. The van der Waals surface area contributed by atoms with Gasteiger partial charge in [0.2, 0.25) is 0 Å². The molecular formula is C23H15Cl2N3OS2. The van der Waals surface area contributed by atoms with E-state index in [1.54, 1.807) is 12.3 Å². The molecule has 1 fully saturated rings. The molecule has 0 unspecified atom stereocenters.